The monoisotopic (exact) mass is 418 g/mol. The SMILES string of the molecule is CS(=O)(=O)N(CC(=O)NCCSC1CCCCC1)Cc1ccccc1Cl. The van der Waals surface area contributed by atoms with E-state index < -0.39 is 10.0 Å². The first kappa shape index (κ1) is 21.5. The van der Waals surface area contributed by atoms with Crippen LogP contribution in [0, 0.1) is 0 Å². The van der Waals surface area contributed by atoms with Crippen molar-refractivity contribution in [1.82, 2.24) is 9.62 Å². The van der Waals surface area contributed by atoms with Crippen LogP contribution in [0.2, 0.25) is 5.02 Å². The number of sulfonamides is 1. The fraction of sp³-hybridized carbons (Fsp3) is 0.611. The van der Waals surface area contributed by atoms with Gasteiger partial charge in [-0.2, -0.15) is 16.1 Å². The van der Waals surface area contributed by atoms with Gasteiger partial charge in [0.15, 0.2) is 0 Å². The van der Waals surface area contributed by atoms with Crippen molar-refractivity contribution in [2.75, 3.05) is 25.1 Å². The van der Waals surface area contributed by atoms with E-state index in [-0.39, 0.29) is 19.0 Å². The Morgan fingerprint density at radius 1 is 1.27 bits per heavy atom. The van der Waals surface area contributed by atoms with Crippen LogP contribution in [0.15, 0.2) is 24.3 Å². The molecule has 1 amide bonds. The number of nitrogens with zero attached hydrogens (tertiary/aromatic N) is 1. The molecule has 0 aliphatic heterocycles. The summed E-state index contributed by atoms with van der Waals surface area (Å²) in [6, 6.07) is 7.05. The van der Waals surface area contributed by atoms with Crippen LogP contribution in [0.1, 0.15) is 37.7 Å². The molecule has 1 aromatic rings. The molecule has 2 rings (SSSR count). The maximum Gasteiger partial charge on any atom is 0.235 e. The molecule has 0 unspecified atom stereocenters. The first-order valence-corrected chi connectivity index (χ1v) is 12.2. The summed E-state index contributed by atoms with van der Waals surface area (Å²) in [7, 11) is -3.51. The van der Waals surface area contributed by atoms with Crippen molar-refractivity contribution in [2.24, 2.45) is 0 Å². The smallest absolute Gasteiger partial charge is 0.235 e. The Labute approximate surface area is 165 Å². The van der Waals surface area contributed by atoms with E-state index in [0.717, 1.165) is 16.3 Å². The van der Waals surface area contributed by atoms with E-state index in [4.69, 9.17) is 11.6 Å². The molecule has 0 atom stereocenters. The Balaban J connectivity index is 1.80. The van der Waals surface area contributed by atoms with Gasteiger partial charge < -0.3 is 5.32 Å². The van der Waals surface area contributed by atoms with E-state index in [9.17, 15) is 13.2 Å². The molecule has 1 aliphatic carbocycles. The summed E-state index contributed by atoms with van der Waals surface area (Å²) in [6.45, 7) is 0.449. The van der Waals surface area contributed by atoms with E-state index in [2.05, 4.69) is 5.32 Å². The molecule has 1 fully saturated rings. The zero-order valence-corrected chi connectivity index (χ0v) is 17.5. The summed E-state index contributed by atoms with van der Waals surface area (Å²) in [5, 5.41) is 4.02. The minimum atomic E-state index is -3.51. The van der Waals surface area contributed by atoms with Gasteiger partial charge in [-0.1, -0.05) is 49.1 Å². The topological polar surface area (TPSA) is 66.5 Å². The molecule has 1 saturated carbocycles. The minimum absolute atomic E-state index is 0.0861. The molecule has 1 N–H and O–H groups in total. The second-order valence-corrected chi connectivity index (χ2v) is 10.4. The molecule has 0 saturated heterocycles. The van der Waals surface area contributed by atoms with Gasteiger partial charge in [-0.25, -0.2) is 8.42 Å². The lowest BCUT2D eigenvalue weighted by Crippen LogP contribution is -2.40. The second-order valence-electron chi connectivity index (χ2n) is 6.60. The summed E-state index contributed by atoms with van der Waals surface area (Å²) in [5.41, 5.74) is 0.681. The Bertz CT molecular complexity index is 691. The van der Waals surface area contributed by atoms with Crippen LogP contribution in [0.25, 0.3) is 0 Å². The number of thioether (sulfide) groups is 1. The van der Waals surface area contributed by atoms with Crippen molar-refractivity contribution in [2.45, 2.75) is 43.9 Å². The van der Waals surface area contributed by atoms with Crippen molar-refractivity contribution < 1.29 is 13.2 Å². The summed E-state index contributed by atoms with van der Waals surface area (Å²) in [5.74, 6) is 0.575. The molecule has 26 heavy (non-hydrogen) atoms. The van der Waals surface area contributed by atoms with E-state index >= 15 is 0 Å². The summed E-state index contributed by atoms with van der Waals surface area (Å²) >= 11 is 8.01. The van der Waals surface area contributed by atoms with Crippen LogP contribution in [-0.2, 0) is 21.4 Å². The normalized spacial score (nSPS) is 16.0. The predicted molar refractivity (Wildman–Crippen MR) is 109 cm³/mol. The van der Waals surface area contributed by atoms with Crippen LogP contribution >= 0.6 is 23.4 Å². The average Bonchev–Trinajstić information content (AvgIpc) is 2.60. The van der Waals surface area contributed by atoms with Crippen LogP contribution < -0.4 is 5.32 Å². The van der Waals surface area contributed by atoms with Gasteiger partial charge in [-0.05, 0) is 24.5 Å². The lowest BCUT2D eigenvalue weighted by molar-refractivity contribution is -0.121. The number of benzene rings is 1. The number of carbonyl (C=O) groups excluding carboxylic acids is 1. The summed E-state index contributed by atoms with van der Waals surface area (Å²) in [4.78, 5) is 12.2. The Morgan fingerprint density at radius 2 is 1.96 bits per heavy atom. The fourth-order valence-electron chi connectivity index (χ4n) is 2.97. The molecule has 0 spiro atoms. The first-order valence-electron chi connectivity index (χ1n) is 8.93. The van der Waals surface area contributed by atoms with Gasteiger partial charge in [0, 0.05) is 29.1 Å². The zero-order valence-electron chi connectivity index (χ0n) is 15.1. The molecule has 0 radical (unpaired) electrons. The maximum atomic E-state index is 12.2. The molecule has 0 heterocycles. The number of hydrogen-bond acceptors (Lipinski definition) is 4. The van der Waals surface area contributed by atoms with Gasteiger partial charge in [-0.15, -0.1) is 0 Å². The number of carbonyl (C=O) groups is 1. The van der Waals surface area contributed by atoms with Gasteiger partial charge >= 0.3 is 0 Å². The maximum absolute atomic E-state index is 12.2. The molecule has 1 aromatic carbocycles. The molecule has 146 valence electrons. The molecule has 0 bridgehead atoms. The lowest BCUT2D eigenvalue weighted by Gasteiger charge is -2.22. The van der Waals surface area contributed by atoms with Crippen LogP contribution in [-0.4, -0.2) is 49.0 Å². The third-order valence-corrected chi connectivity index (χ3v) is 7.37. The van der Waals surface area contributed by atoms with Crippen molar-refractivity contribution in [3.63, 3.8) is 0 Å². The quantitative estimate of drug-likeness (QED) is 0.625. The number of amides is 1. The summed E-state index contributed by atoms with van der Waals surface area (Å²) in [6.07, 6.45) is 7.57. The third kappa shape index (κ3) is 7.47. The molecular weight excluding hydrogens is 392 g/mol. The van der Waals surface area contributed by atoms with Gasteiger partial charge in [0.25, 0.3) is 0 Å². The summed E-state index contributed by atoms with van der Waals surface area (Å²) < 4.78 is 25.2. The van der Waals surface area contributed by atoms with Crippen molar-refractivity contribution in [3.05, 3.63) is 34.9 Å². The molecule has 5 nitrogen and oxygen atoms in total. The fourth-order valence-corrected chi connectivity index (χ4v) is 5.11. The largest absolute Gasteiger partial charge is 0.354 e. The van der Waals surface area contributed by atoms with E-state index in [1.54, 1.807) is 24.3 Å². The minimum Gasteiger partial charge on any atom is -0.354 e. The predicted octanol–water partition coefficient (Wildman–Crippen LogP) is 3.28. The van der Waals surface area contributed by atoms with E-state index in [0.29, 0.717) is 22.4 Å². The van der Waals surface area contributed by atoms with Crippen LogP contribution in [0.5, 0.6) is 0 Å². The average molecular weight is 419 g/mol. The number of halogens is 1. The number of nitrogens with one attached hydrogen (secondary N) is 1. The number of hydrogen-bond donors (Lipinski definition) is 1. The highest BCUT2D eigenvalue weighted by atomic mass is 35.5. The van der Waals surface area contributed by atoms with Crippen molar-refractivity contribution in [3.8, 4) is 0 Å². The first-order chi connectivity index (χ1) is 12.4. The van der Waals surface area contributed by atoms with Gasteiger partial charge in [0.2, 0.25) is 15.9 Å². The Morgan fingerprint density at radius 3 is 2.62 bits per heavy atom. The molecular formula is C18H27ClN2O3S2. The Kier molecular flexibility index (Phi) is 8.73. The van der Waals surface area contributed by atoms with Crippen molar-refractivity contribution >= 4 is 39.3 Å². The molecule has 8 heteroatoms. The second kappa shape index (κ2) is 10.5. The standard InChI is InChI=1S/C18H27ClN2O3S2/c1-26(23,24)21(13-15-7-5-6-10-17(15)19)14-18(22)20-11-12-25-16-8-3-2-4-9-16/h5-7,10,16H,2-4,8-9,11-14H2,1H3,(H,20,22). The highest BCUT2D eigenvalue weighted by Crippen LogP contribution is 2.27. The third-order valence-electron chi connectivity index (χ3n) is 4.42. The number of rotatable bonds is 9. The van der Waals surface area contributed by atoms with Crippen LogP contribution in [0.4, 0.5) is 0 Å². The van der Waals surface area contributed by atoms with E-state index in [1.165, 1.54) is 32.1 Å². The van der Waals surface area contributed by atoms with Gasteiger partial charge in [0.05, 0.1) is 12.8 Å². The van der Waals surface area contributed by atoms with E-state index in [1.807, 2.05) is 11.8 Å². The van der Waals surface area contributed by atoms with Crippen molar-refractivity contribution in [1.29, 1.82) is 0 Å². The molecule has 0 aromatic heterocycles. The highest BCUT2D eigenvalue weighted by molar-refractivity contribution is 7.99. The Hall–Kier alpha value is -0.760. The van der Waals surface area contributed by atoms with Gasteiger partial charge in [-0.3, -0.25) is 4.79 Å². The molecule has 1 aliphatic rings. The lowest BCUT2D eigenvalue weighted by atomic mass is 10.0. The van der Waals surface area contributed by atoms with Gasteiger partial charge in [0.1, 0.15) is 0 Å². The highest BCUT2D eigenvalue weighted by Gasteiger charge is 2.21. The zero-order chi connectivity index (χ0) is 19.0. The van der Waals surface area contributed by atoms with Crippen LogP contribution in [0.3, 0.4) is 0 Å².